The van der Waals surface area contributed by atoms with Crippen LogP contribution in [0.25, 0.3) is 6.08 Å². The van der Waals surface area contributed by atoms with Crippen LogP contribution in [0.2, 0.25) is 5.02 Å². The first-order valence-corrected chi connectivity index (χ1v) is 6.58. The van der Waals surface area contributed by atoms with Crippen molar-refractivity contribution in [1.29, 1.82) is 0 Å². The van der Waals surface area contributed by atoms with Crippen molar-refractivity contribution in [3.05, 3.63) is 70.8 Å². The molecule has 0 radical (unpaired) electrons. The Morgan fingerprint density at radius 3 is 2.67 bits per heavy atom. The summed E-state index contributed by atoms with van der Waals surface area (Å²) in [7, 11) is 0. The number of benzene rings is 2. The van der Waals surface area contributed by atoms with E-state index in [4.69, 9.17) is 16.7 Å². The fourth-order valence-corrected chi connectivity index (χ4v) is 1.83. The highest BCUT2D eigenvalue weighted by atomic mass is 35.5. The van der Waals surface area contributed by atoms with Gasteiger partial charge in [-0.1, -0.05) is 48.0 Å². The topological polar surface area (TPSA) is 61.7 Å². The molecular weight excluding hydrogens is 288 g/mol. The van der Waals surface area contributed by atoms with E-state index < -0.39 is 5.97 Å². The molecule has 0 spiro atoms. The second kappa shape index (κ2) is 7.26. The summed E-state index contributed by atoms with van der Waals surface area (Å²) in [5.41, 5.74) is 4.42. The number of aromatic carboxylic acids is 1. The Bertz CT molecular complexity index is 682. The van der Waals surface area contributed by atoms with Crippen molar-refractivity contribution in [2.45, 2.75) is 0 Å². The van der Waals surface area contributed by atoms with Gasteiger partial charge in [0.25, 0.3) is 0 Å². The molecule has 0 aliphatic rings. The average molecular weight is 301 g/mol. The van der Waals surface area contributed by atoms with E-state index in [1.807, 2.05) is 36.4 Å². The molecule has 4 nitrogen and oxygen atoms in total. The summed E-state index contributed by atoms with van der Waals surface area (Å²) < 4.78 is 0. The Labute approximate surface area is 127 Å². The molecule has 0 saturated heterocycles. The number of hydrazone groups is 1. The van der Waals surface area contributed by atoms with Gasteiger partial charge in [-0.2, -0.15) is 5.10 Å². The number of allylic oxidation sites excluding steroid dienone is 1. The maximum absolute atomic E-state index is 10.9. The summed E-state index contributed by atoms with van der Waals surface area (Å²) in [6, 6.07) is 14.4. The maximum atomic E-state index is 10.9. The number of halogens is 1. The molecule has 2 N–H and O–H groups in total. The molecule has 0 heterocycles. The molecule has 106 valence electrons. The van der Waals surface area contributed by atoms with E-state index >= 15 is 0 Å². The molecule has 0 aliphatic carbocycles. The molecule has 0 saturated carbocycles. The van der Waals surface area contributed by atoms with Gasteiger partial charge in [0.05, 0.1) is 16.3 Å². The standard InChI is InChI=1S/C16H13ClN2O2/c17-15-9-8-13(11-14(15)16(20)21)19-18-10-4-7-12-5-2-1-3-6-12/h1-11,19H,(H,20,21)/b7-4+,18-10-. The van der Waals surface area contributed by atoms with E-state index in [1.54, 1.807) is 18.4 Å². The van der Waals surface area contributed by atoms with Crippen LogP contribution < -0.4 is 5.43 Å². The van der Waals surface area contributed by atoms with Crippen molar-refractivity contribution in [1.82, 2.24) is 0 Å². The molecule has 5 heteroatoms. The van der Waals surface area contributed by atoms with E-state index in [1.165, 1.54) is 12.1 Å². The number of nitrogens with zero attached hydrogens (tertiary/aromatic N) is 1. The van der Waals surface area contributed by atoms with Gasteiger partial charge in [0.15, 0.2) is 0 Å². The third-order valence-corrected chi connectivity index (χ3v) is 2.97. The van der Waals surface area contributed by atoms with Gasteiger partial charge in [0.1, 0.15) is 0 Å². The maximum Gasteiger partial charge on any atom is 0.337 e. The lowest BCUT2D eigenvalue weighted by atomic mass is 10.2. The van der Waals surface area contributed by atoms with Crippen LogP contribution in [0.15, 0.2) is 59.7 Å². The molecule has 2 rings (SSSR count). The van der Waals surface area contributed by atoms with Crippen molar-refractivity contribution in [3.8, 4) is 0 Å². The number of carboxylic acid groups (broad SMARTS) is 1. The van der Waals surface area contributed by atoms with Crippen LogP contribution in [0.4, 0.5) is 5.69 Å². The minimum atomic E-state index is -1.07. The third kappa shape index (κ3) is 4.47. The SMILES string of the molecule is O=C(O)c1cc(N/N=C\C=C\c2ccccc2)ccc1Cl. The van der Waals surface area contributed by atoms with E-state index in [0.717, 1.165) is 5.56 Å². The normalized spacial score (nSPS) is 11.1. The quantitative estimate of drug-likeness (QED) is 0.644. The molecule has 0 bridgehead atoms. The number of hydrogen-bond donors (Lipinski definition) is 2. The Balaban J connectivity index is 1.97. The second-order valence-corrected chi connectivity index (χ2v) is 4.57. The molecule has 0 aromatic heterocycles. The molecule has 2 aromatic rings. The molecule has 0 unspecified atom stereocenters. The number of carboxylic acids is 1. The fraction of sp³-hybridized carbons (Fsp3) is 0. The summed E-state index contributed by atoms with van der Waals surface area (Å²) in [5, 5.41) is 13.1. The Kier molecular flexibility index (Phi) is 5.12. The minimum absolute atomic E-state index is 0.0386. The molecular formula is C16H13ClN2O2. The molecule has 2 aromatic carbocycles. The summed E-state index contributed by atoms with van der Waals surface area (Å²) in [6.45, 7) is 0. The number of carbonyl (C=O) groups is 1. The monoisotopic (exact) mass is 300 g/mol. The zero-order valence-electron chi connectivity index (χ0n) is 11.0. The lowest BCUT2D eigenvalue weighted by Crippen LogP contribution is -1.99. The summed E-state index contributed by atoms with van der Waals surface area (Å²) in [5.74, 6) is -1.07. The Hall–Kier alpha value is -2.59. The van der Waals surface area contributed by atoms with Crippen LogP contribution in [0, 0.1) is 0 Å². The van der Waals surface area contributed by atoms with Crippen LogP contribution >= 0.6 is 11.6 Å². The molecule has 0 atom stereocenters. The van der Waals surface area contributed by atoms with Crippen molar-refractivity contribution >= 4 is 35.5 Å². The predicted octanol–water partition coefficient (Wildman–Crippen LogP) is 4.15. The molecule has 0 amide bonds. The van der Waals surface area contributed by atoms with Gasteiger partial charge in [-0.25, -0.2) is 4.79 Å². The molecule has 0 aliphatic heterocycles. The van der Waals surface area contributed by atoms with Gasteiger partial charge in [-0.05, 0) is 29.8 Å². The van der Waals surface area contributed by atoms with E-state index in [9.17, 15) is 4.79 Å². The van der Waals surface area contributed by atoms with Gasteiger partial charge in [-0.15, -0.1) is 0 Å². The van der Waals surface area contributed by atoms with E-state index in [-0.39, 0.29) is 10.6 Å². The number of nitrogens with one attached hydrogen (secondary N) is 1. The molecule has 0 fully saturated rings. The van der Waals surface area contributed by atoms with Gasteiger partial charge in [0, 0.05) is 6.21 Å². The zero-order valence-corrected chi connectivity index (χ0v) is 11.8. The van der Waals surface area contributed by atoms with E-state index in [2.05, 4.69) is 10.5 Å². The van der Waals surface area contributed by atoms with Crippen LogP contribution in [-0.4, -0.2) is 17.3 Å². The van der Waals surface area contributed by atoms with Crippen molar-refractivity contribution in [2.75, 3.05) is 5.43 Å². The van der Waals surface area contributed by atoms with Gasteiger partial charge in [0.2, 0.25) is 0 Å². The van der Waals surface area contributed by atoms with Crippen LogP contribution in [0.3, 0.4) is 0 Å². The Morgan fingerprint density at radius 1 is 1.19 bits per heavy atom. The summed E-state index contributed by atoms with van der Waals surface area (Å²) in [4.78, 5) is 10.9. The fourth-order valence-electron chi connectivity index (χ4n) is 1.63. The summed E-state index contributed by atoms with van der Waals surface area (Å²) >= 11 is 5.78. The van der Waals surface area contributed by atoms with Gasteiger partial charge < -0.3 is 5.11 Å². The predicted molar refractivity (Wildman–Crippen MR) is 86.0 cm³/mol. The first-order valence-electron chi connectivity index (χ1n) is 6.20. The highest BCUT2D eigenvalue weighted by molar-refractivity contribution is 6.33. The number of anilines is 1. The van der Waals surface area contributed by atoms with Gasteiger partial charge in [-0.3, -0.25) is 5.43 Å². The highest BCUT2D eigenvalue weighted by Crippen LogP contribution is 2.20. The zero-order chi connectivity index (χ0) is 15.1. The molecule has 21 heavy (non-hydrogen) atoms. The first kappa shape index (κ1) is 14.8. The van der Waals surface area contributed by atoms with Crippen LogP contribution in [-0.2, 0) is 0 Å². The van der Waals surface area contributed by atoms with Crippen LogP contribution in [0.5, 0.6) is 0 Å². The lowest BCUT2D eigenvalue weighted by molar-refractivity contribution is 0.0697. The largest absolute Gasteiger partial charge is 0.478 e. The van der Waals surface area contributed by atoms with Crippen molar-refractivity contribution in [3.63, 3.8) is 0 Å². The smallest absolute Gasteiger partial charge is 0.337 e. The van der Waals surface area contributed by atoms with Gasteiger partial charge >= 0.3 is 5.97 Å². The highest BCUT2D eigenvalue weighted by Gasteiger charge is 2.08. The average Bonchev–Trinajstić information content (AvgIpc) is 2.49. The van der Waals surface area contributed by atoms with Crippen molar-refractivity contribution < 1.29 is 9.90 Å². The van der Waals surface area contributed by atoms with E-state index in [0.29, 0.717) is 5.69 Å². The van der Waals surface area contributed by atoms with Crippen LogP contribution in [0.1, 0.15) is 15.9 Å². The minimum Gasteiger partial charge on any atom is -0.478 e. The Morgan fingerprint density at radius 2 is 1.95 bits per heavy atom. The number of rotatable bonds is 5. The first-order chi connectivity index (χ1) is 10.2. The third-order valence-electron chi connectivity index (χ3n) is 2.64. The van der Waals surface area contributed by atoms with Crippen molar-refractivity contribution in [2.24, 2.45) is 5.10 Å². The second-order valence-electron chi connectivity index (χ2n) is 4.16. The number of hydrogen-bond acceptors (Lipinski definition) is 3. The lowest BCUT2D eigenvalue weighted by Gasteiger charge is -2.03. The summed E-state index contributed by atoms with van der Waals surface area (Å²) in [6.07, 6.45) is 5.29.